The monoisotopic (exact) mass is 263 g/mol. The first kappa shape index (κ1) is 13.2. The molecule has 96 valence electrons. The molecule has 1 aliphatic rings. The average molecular weight is 264 g/mol. The lowest BCUT2D eigenvalue weighted by atomic mass is 9.93. The van der Waals surface area contributed by atoms with Crippen molar-refractivity contribution in [3.05, 3.63) is 47.0 Å². The van der Waals surface area contributed by atoms with Crippen LogP contribution in [-0.4, -0.2) is 17.5 Å². The van der Waals surface area contributed by atoms with Crippen molar-refractivity contribution in [3.8, 4) is 0 Å². The van der Waals surface area contributed by atoms with E-state index in [1.165, 1.54) is 5.56 Å². The lowest BCUT2D eigenvalue weighted by molar-refractivity contribution is 0.185. The van der Waals surface area contributed by atoms with E-state index in [0.29, 0.717) is 10.9 Å². The molecular formula is C15H18ClNO. The lowest BCUT2D eigenvalue weighted by Crippen LogP contribution is -2.34. The zero-order valence-corrected chi connectivity index (χ0v) is 11.8. The Labute approximate surface area is 113 Å². The van der Waals surface area contributed by atoms with Gasteiger partial charge in [0.05, 0.1) is 5.03 Å². The topological polar surface area (TPSA) is 21.6 Å². The molecule has 0 amide bonds. The molecule has 0 bridgehead atoms. The molecule has 0 aliphatic carbocycles. The Balaban J connectivity index is 2.34. The Kier molecular flexibility index (Phi) is 3.49. The second kappa shape index (κ2) is 4.77. The van der Waals surface area contributed by atoms with Gasteiger partial charge in [-0.15, -0.1) is 0 Å². The highest BCUT2D eigenvalue weighted by Gasteiger charge is 2.42. The predicted octanol–water partition coefficient (Wildman–Crippen LogP) is 4.06. The molecule has 1 aromatic carbocycles. The van der Waals surface area contributed by atoms with Crippen LogP contribution in [0.15, 0.2) is 40.9 Å². The van der Waals surface area contributed by atoms with Gasteiger partial charge < -0.3 is 4.74 Å². The molecule has 0 saturated carbocycles. The molecule has 0 radical (unpaired) electrons. The molecule has 0 fully saturated rings. The molecule has 2 nitrogen and oxygen atoms in total. The molecule has 1 aromatic rings. The summed E-state index contributed by atoms with van der Waals surface area (Å²) in [6.45, 7) is 9.98. The van der Waals surface area contributed by atoms with Crippen LogP contribution in [0.2, 0.25) is 0 Å². The summed E-state index contributed by atoms with van der Waals surface area (Å²) in [5, 5.41) is 0.505. The Hall–Kier alpha value is -1.28. The van der Waals surface area contributed by atoms with Crippen molar-refractivity contribution >= 4 is 17.5 Å². The Bertz CT molecular complexity index is 492. The first-order chi connectivity index (χ1) is 8.46. The fraction of sp³-hybridized carbons (Fsp3) is 0.400. The molecule has 0 saturated heterocycles. The van der Waals surface area contributed by atoms with E-state index in [2.05, 4.69) is 20.4 Å². The Morgan fingerprint density at radius 2 is 2.06 bits per heavy atom. The normalized spacial score (nSPS) is 26.7. The van der Waals surface area contributed by atoms with Crippen molar-refractivity contribution < 1.29 is 4.74 Å². The van der Waals surface area contributed by atoms with Crippen molar-refractivity contribution in [1.82, 2.24) is 0 Å². The van der Waals surface area contributed by atoms with E-state index in [0.717, 1.165) is 12.0 Å². The number of rotatable bonds is 3. The summed E-state index contributed by atoms with van der Waals surface area (Å²) < 4.78 is 5.87. The van der Waals surface area contributed by atoms with E-state index in [9.17, 15) is 0 Å². The van der Waals surface area contributed by atoms with Gasteiger partial charge >= 0.3 is 0 Å². The zero-order valence-electron chi connectivity index (χ0n) is 11.0. The third kappa shape index (κ3) is 2.30. The number of nitrogens with zero attached hydrogens (tertiary/aromatic N) is 1. The minimum atomic E-state index is -0.320. The van der Waals surface area contributed by atoms with E-state index < -0.39 is 0 Å². The standard InChI is InChI=1S/C15H18ClNO/c1-5-15(4)13(11(3)16)18-14(17-15)12-8-6-10(2)7-9-12/h6-9,13H,3,5H2,1-2,4H3. The average Bonchev–Trinajstić information content (AvgIpc) is 2.69. The minimum Gasteiger partial charge on any atom is -0.466 e. The van der Waals surface area contributed by atoms with Crippen LogP contribution < -0.4 is 0 Å². The number of halogens is 1. The fourth-order valence-electron chi connectivity index (χ4n) is 2.05. The molecule has 1 aliphatic heterocycles. The number of ether oxygens (including phenoxy) is 1. The third-order valence-electron chi connectivity index (χ3n) is 3.45. The minimum absolute atomic E-state index is 0.250. The Morgan fingerprint density at radius 1 is 1.44 bits per heavy atom. The molecule has 1 heterocycles. The summed E-state index contributed by atoms with van der Waals surface area (Å²) >= 11 is 6.03. The highest BCUT2D eigenvalue weighted by Crippen LogP contribution is 2.35. The smallest absolute Gasteiger partial charge is 0.217 e. The highest BCUT2D eigenvalue weighted by atomic mass is 35.5. The molecule has 2 atom stereocenters. The van der Waals surface area contributed by atoms with E-state index in [1.54, 1.807) is 0 Å². The van der Waals surface area contributed by atoms with Crippen LogP contribution in [-0.2, 0) is 4.74 Å². The van der Waals surface area contributed by atoms with Gasteiger partial charge in [-0.1, -0.05) is 42.8 Å². The lowest BCUT2D eigenvalue weighted by Gasteiger charge is -2.25. The number of aliphatic imine (C=N–C) groups is 1. The maximum atomic E-state index is 6.03. The molecule has 2 rings (SSSR count). The van der Waals surface area contributed by atoms with Crippen LogP contribution >= 0.6 is 11.6 Å². The summed E-state index contributed by atoms with van der Waals surface area (Å²) in [4.78, 5) is 4.69. The second-order valence-corrected chi connectivity index (χ2v) is 5.42. The first-order valence-electron chi connectivity index (χ1n) is 6.14. The summed E-state index contributed by atoms with van der Waals surface area (Å²) in [7, 11) is 0. The van der Waals surface area contributed by atoms with Gasteiger partial charge in [0.2, 0.25) is 5.90 Å². The molecule has 0 aromatic heterocycles. The van der Waals surface area contributed by atoms with E-state index in [4.69, 9.17) is 21.3 Å². The first-order valence-corrected chi connectivity index (χ1v) is 6.52. The second-order valence-electron chi connectivity index (χ2n) is 4.94. The van der Waals surface area contributed by atoms with Gasteiger partial charge in [0, 0.05) is 5.56 Å². The van der Waals surface area contributed by atoms with Gasteiger partial charge in [-0.2, -0.15) is 0 Å². The maximum Gasteiger partial charge on any atom is 0.217 e. The van der Waals surface area contributed by atoms with Crippen LogP contribution in [0.3, 0.4) is 0 Å². The van der Waals surface area contributed by atoms with Gasteiger partial charge in [0.1, 0.15) is 5.54 Å². The SMILES string of the molecule is C=C(Cl)C1OC(c2ccc(C)cc2)=NC1(C)CC. The summed E-state index contributed by atoms with van der Waals surface area (Å²) in [6.07, 6.45) is 0.610. The molecule has 2 unspecified atom stereocenters. The van der Waals surface area contributed by atoms with Crippen LogP contribution in [0.5, 0.6) is 0 Å². The molecule has 18 heavy (non-hydrogen) atoms. The number of benzene rings is 1. The van der Waals surface area contributed by atoms with E-state index in [-0.39, 0.29) is 11.6 Å². The van der Waals surface area contributed by atoms with Crippen LogP contribution in [0.1, 0.15) is 31.4 Å². The zero-order chi connectivity index (χ0) is 13.3. The predicted molar refractivity (Wildman–Crippen MR) is 76.3 cm³/mol. The highest BCUT2D eigenvalue weighted by molar-refractivity contribution is 6.30. The van der Waals surface area contributed by atoms with Crippen molar-refractivity contribution in [2.45, 2.75) is 38.8 Å². The maximum absolute atomic E-state index is 6.03. The van der Waals surface area contributed by atoms with Crippen molar-refractivity contribution in [2.75, 3.05) is 0 Å². The van der Waals surface area contributed by atoms with Gasteiger partial charge in [-0.05, 0) is 32.4 Å². The largest absolute Gasteiger partial charge is 0.466 e. The summed E-state index contributed by atoms with van der Waals surface area (Å²) in [6, 6.07) is 8.13. The van der Waals surface area contributed by atoms with E-state index in [1.807, 2.05) is 31.2 Å². The van der Waals surface area contributed by atoms with Crippen molar-refractivity contribution in [3.63, 3.8) is 0 Å². The van der Waals surface area contributed by atoms with Gasteiger partial charge in [0.25, 0.3) is 0 Å². The molecule has 3 heteroatoms. The summed E-state index contributed by atoms with van der Waals surface area (Å²) in [5.41, 5.74) is 1.88. The quantitative estimate of drug-likeness (QED) is 0.806. The molecular weight excluding hydrogens is 246 g/mol. The molecule has 0 spiro atoms. The molecule has 0 N–H and O–H groups in total. The van der Waals surface area contributed by atoms with Gasteiger partial charge in [0.15, 0.2) is 6.10 Å². The third-order valence-corrected chi connectivity index (χ3v) is 3.65. The van der Waals surface area contributed by atoms with Crippen LogP contribution in [0.25, 0.3) is 0 Å². The number of hydrogen-bond acceptors (Lipinski definition) is 2. The van der Waals surface area contributed by atoms with Gasteiger partial charge in [-0.25, -0.2) is 4.99 Å². The van der Waals surface area contributed by atoms with Gasteiger partial charge in [-0.3, -0.25) is 0 Å². The van der Waals surface area contributed by atoms with Crippen molar-refractivity contribution in [1.29, 1.82) is 0 Å². The fourth-order valence-corrected chi connectivity index (χ4v) is 2.33. The van der Waals surface area contributed by atoms with E-state index >= 15 is 0 Å². The van der Waals surface area contributed by atoms with Crippen LogP contribution in [0.4, 0.5) is 0 Å². The number of hydrogen-bond donors (Lipinski definition) is 0. The van der Waals surface area contributed by atoms with Crippen LogP contribution in [0, 0.1) is 6.92 Å². The summed E-state index contributed by atoms with van der Waals surface area (Å²) in [5.74, 6) is 0.658. The van der Waals surface area contributed by atoms with Crippen molar-refractivity contribution in [2.24, 2.45) is 4.99 Å². The number of aryl methyl sites for hydroxylation is 1. The Morgan fingerprint density at radius 3 is 2.50 bits per heavy atom.